The Morgan fingerprint density at radius 2 is 2.12 bits per heavy atom. The van der Waals surface area contributed by atoms with Crippen molar-refractivity contribution in [2.75, 3.05) is 6.61 Å². The Kier molecular flexibility index (Phi) is 4.85. The minimum absolute atomic E-state index is 0.549. The zero-order valence-corrected chi connectivity index (χ0v) is 10.3. The molecule has 0 bridgehead atoms. The summed E-state index contributed by atoms with van der Waals surface area (Å²) in [5, 5.41) is 8.40. The van der Waals surface area contributed by atoms with Gasteiger partial charge in [-0.3, -0.25) is 0 Å². The second-order valence-electron chi connectivity index (χ2n) is 4.28. The molecule has 1 aromatic rings. The molecule has 0 saturated carbocycles. The highest BCUT2D eigenvalue weighted by Crippen LogP contribution is 2.23. The van der Waals surface area contributed by atoms with Gasteiger partial charge in [0.05, 0.1) is 12.7 Å². The van der Waals surface area contributed by atoms with Crippen molar-refractivity contribution < 1.29 is 4.74 Å². The van der Waals surface area contributed by atoms with Gasteiger partial charge in [-0.1, -0.05) is 19.9 Å². The van der Waals surface area contributed by atoms with Crippen LogP contribution in [0.4, 0.5) is 0 Å². The monoisotopic (exact) mass is 217 g/mol. The van der Waals surface area contributed by atoms with Crippen LogP contribution in [0.25, 0.3) is 0 Å². The van der Waals surface area contributed by atoms with E-state index in [1.807, 2.05) is 6.07 Å². The molecule has 0 atom stereocenters. The van der Waals surface area contributed by atoms with Gasteiger partial charge in [-0.2, -0.15) is 5.26 Å². The number of hydrogen-bond donors (Lipinski definition) is 0. The maximum atomic E-state index is 8.40. The van der Waals surface area contributed by atoms with Crippen molar-refractivity contribution >= 4 is 0 Å². The number of hydrogen-bond acceptors (Lipinski definition) is 2. The Morgan fingerprint density at radius 1 is 1.38 bits per heavy atom. The smallest absolute Gasteiger partial charge is 0.119 e. The van der Waals surface area contributed by atoms with Crippen molar-refractivity contribution in [3.8, 4) is 11.8 Å². The molecule has 0 amide bonds. The summed E-state index contributed by atoms with van der Waals surface area (Å²) in [4.78, 5) is 0. The summed E-state index contributed by atoms with van der Waals surface area (Å²) in [6, 6.07) is 8.31. The zero-order valence-electron chi connectivity index (χ0n) is 10.3. The Bertz CT molecular complexity index is 377. The lowest BCUT2D eigenvalue weighted by molar-refractivity contribution is 0.312. The lowest BCUT2D eigenvalue weighted by atomic mass is 9.98. The van der Waals surface area contributed by atoms with Crippen LogP contribution in [-0.2, 0) is 0 Å². The molecule has 0 heterocycles. The number of nitriles is 1. The second-order valence-corrected chi connectivity index (χ2v) is 4.28. The first-order chi connectivity index (χ1) is 7.65. The lowest BCUT2D eigenvalue weighted by Gasteiger charge is -2.12. The van der Waals surface area contributed by atoms with Crippen LogP contribution in [0.5, 0.6) is 5.75 Å². The van der Waals surface area contributed by atoms with Gasteiger partial charge in [0.25, 0.3) is 0 Å². The molecule has 0 N–H and O–H groups in total. The minimum Gasteiger partial charge on any atom is -0.494 e. The summed E-state index contributed by atoms with van der Waals surface area (Å²) in [6.45, 7) is 7.11. The molecular formula is C14H19NO. The maximum absolute atomic E-state index is 8.40. The van der Waals surface area contributed by atoms with Crippen molar-refractivity contribution in [3.05, 3.63) is 29.3 Å². The molecule has 0 aliphatic heterocycles. The van der Waals surface area contributed by atoms with Crippen molar-refractivity contribution in [3.63, 3.8) is 0 Å². The van der Waals surface area contributed by atoms with Crippen LogP contribution in [0.3, 0.4) is 0 Å². The fraction of sp³-hybridized carbons (Fsp3) is 0.500. The van der Waals surface area contributed by atoms with Crippen molar-refractivity contribution in [1.82, 2.24) is 0 Å². The highest BCUT2D eigenvalue weighted by Gasteiger charge is 2.04. The Hall–Kier alpha value is -1.49. The first-order valence-corrected chi connectivity index (χ1v) is 5.75. The van der Waals surface area contributed by atoms with Gasteiger partial charge in [-0.25, -0.2) is 0 Å². The predicted octanol–water partition coefficient (Wildman–Crippen LogP) is 3.80. The third-order valence-electron chi connectivity index (χ3n) is 2.56. The second kappa shape index (κ2) is 6.17. The van der Waals surface area contributed by atoms with E-state index in [-0.39, 0.29) is 0 Å². The van der Waals surface area contributed by atoms with Gasteiger partial charge in [0.15, 0.2) is 0 Å². The number of benzene rings is 1. The molecule has 0 aliphatic rings. The highest BCUT2D eigenvalue weighted by atomic mass is 16.5. The Balaban J connectivity index is 2.57. The minimum atomic E-state index is 0.549. The van der Waals surface area contributed by atoms with Crippen LogP contribution >= 0.6 is 0 Å². The van der Waals surface area contributed by atoms with Gasteiger partial charge in [-0.15, -0.1) is 0 Å². The van der Waals surface area contributed by atoms with Gasteiger partial charge < -0.3 is 4.74 Å². The molecule has 1 rings (SSSR count). The van der Waals surface area contributed by atoms with E-state index in [1.54, 1.807) is 0 Å². The summed E-state index contributed by atoms with van der Waals surface area (Å²) in [6.07, 6.45) is 1.35. The van der Waals surface area contributed by atoms with Crippen molar-refractivity contribution in [1.29, 1.82) is 5.26 Å². The molecular weight excluding hydrogens is 198 g/mol. The number of unbranched alkanes of at least 4 members (excludes halogenated alkanes) is 1. The normalized spacial score (nSPS) is 10.2. The van der Waals surface area contributed by atoms with Crippen LogP contribution in [0.2, 0.25) is 0 Å². The molecule has 0 radical (unpaired) electrons. The van der Waals surface area contributed by atoms with Gasteiger partial charge in [0, 0.05) is 6.42 Å². The summed E-state index contributed by atoms with van der Waals surface area (Å²) in [5.74, 6) is 1.45. The molecule has 0 spiro atoms. The van der Waals surface area contributed by atoms with Crippen LogP contribution in [0.15, 0.2) is 18.2 Å². The average Bonchev–Trinajstić information content (AvgIpc) is 2.24. The fourth-order valence-electron chi connectivity index (χ4n) is 1.73. The maximum Gasteiger partial charge on any atom is 0.119 e. The molecule has 0 fully saturated rings. The first-order valence-electron chi connectivity index (χ1n) is 5.75. The largest absolute Gasteiger partial charge is 0.494 e. The number of rotatable bonds is 5. The fourth-order valence-corrected chi connectivity index (χ4v) is 1.73. The van der Waals surface area contributed by atoms with E-state index < -0.39 is 0 Å². The molecule has 0 aliphatic carbocycles. The van der Waals surface area contributed by atoms with E-state index in [2.05, 4.69) is 39.0 Å². The molecule has 0 aromatic heterocycles. The van der Waals surface area contributed by atoms with Gasteiger partial charge in [0.2, 0.25) is 0 Å². The highest BCUT2D eigenvalue weighted by molar-refractivity contribution is 5.36. The number of ether oxygens (including phenoxy) is 1. The molecule has 2 nitrogen and oxygen atoms in total. The molecule has 16 heavy (non-hydrogen) atoms. The Morgan fingerprint density at radius 3 is 2.69 bits per heavy atom. The molecule has 86 valence electrons. The van der Waals surface area contributed by atoms with Gasteiger partial charge >= 0.3 is 0 Å². The van der Waals surface area contributed by atoms with Gasteiger partial charge in [-0.05, 0) is 42.5 Å². The van der Waals surface area contributed by atoms with Crippen molar-refractivity contribution in [2.24, 2.45) is 0 Å². The third-order valence-corrected chi connectivity index (χ3v) is 2.56. The quantitative estimate of drug-likeness (QED) is 0.703. The number of aryl methyl sites for hydroxylation is 1. The summed E-state index contributed by atoms with van der Waals surface area (Å²) in [7, 11) is 0. The van der Waals surface area contributed by atoms with E-state index in [9.17, 15) is 0 Å². The van der Waals surface area contributed by atoms with E-state index in [1.165, 1.54) is 11.1 Å². The Labute approximate surface area is 97.9 Å². The topological polar surface area (TPSA) is 33.0 Å². The molecule has 0 unspecified atom stereocenters. The molecule has 2 heteroatoms. The van der Waals surface area contributed by atoms with E-state index >= 15 is 0 Å². The molecule has 1 aromatic carbocycles. The SMILES string of the molecule is Cc1cc(OCCCC#N)ccc1C(C)C. The molecule has 0 saturated heterocycles. The van der Waals surface area contributed by atoms with Crippen LogP contribution in [0, 0.1) is 18.3 Å². The number of nitrogens with zero attached hydrogens (tertiary/aromatic N) is 1. The van der Waals surface area contributed by atoms with Crippen LogP contribution in [0.1, 0.15) is 43.7 Å². The van der Waals surface area contributed by atoms with Crippen molar-refractivity contribution in [2.45, 2.75) is 39.5 Å². The predicted molar refractivity (Wildman–Crippen MR) is 65.6 cm³/mol. The standard InChI is InChI=1S/C14H19NO/c1-11(2)14-7-6-13(10-12(14)3)16-9-5-4-8-15/h6-7,10-11H,4-5,9H2,1-3H3. The average molecular weight is 217 g/mol. The first kappa shape index (κ1) is 12.6. The zero-order chi connectivity index (χ0) is 12.0. The van der Waals surface area contributed by atoms with E-state index in [4.69, 9.17) is 10.00 Å². The third kappa shape index (κ3) is 3.58. The van der Waals surface area contributed by atoms with Crippen LogP contribution in [-0.4, -0.2) is 6.61 Å². The lowest BCUT2D eigenvalue weighted by Crippen LogP contribution is -1.98. The van der Waals surface area contributed by atoms with Crippen LogP contribution < -0.4 is 4.74 Å². The summed E-state index contributed by atoms with van der Waals surface area (Å²) >= 11 is 0. The van der Waals surface area contributed by atoms with Gasteiger partial charge in [0.1, 0.15) is 5.75 Å². The van der Waals surface area contributed by atoms with E-state index in [0.29, 0.717) is 18.9 Å². The summed E-state index contributed by atoms with van der Waals surface area (Å²) in [5.41, 5.74) is 2.64. The van der Waals surface area contributed by atoms with E-state index in [0.717, 1.165) is 12.2 Å². The summed E-state index contributed by atoms with van der Waals surface area (Å²) < 4.78 is 5.57.